The molecule has 0 aliphatic heterocycles. The summed E-state index contributed by atoms with van der Waals surface area (Å²) in [6.45, 7) is 0. The van der Waals surface area contributed by atoms with Gasteiger partial charge in [0.2, 0.25) is 0 Å². The highest BCUT2D eigenvalue weighted by Gasteiger charge is 2.16. The van der Waals surface area contributed by atoms with Gasteiger partial charge in [-0.3, -0.25) is 0 Å². The average molecular weight is 314 g/mol. The van der Waals surface area contributed by atoms with E-state index in [0.29, 0.717) is 6.42 Å². The number of aromatic nitrogens is 1. The van der Waals surface area contributed by atoms with Crippen LogP contribution in [-0.4, -0.2) is 4.98 Å². The Morgan fingerprint density at radius 3 is 2.76 bits per heavy atom. The molecule has 1 unspecified atom stereocenters. The molecule has 0 fully saturated rings. The molecule has 104 valence electrons. The number of halogens is 1. The fraction of sp³-hybridized carbons (Fsp3) is 0.118. The molecule has 2 heterocycles. The summed E-state index contributed by atoms with van der Waals surface area (Å²) >= 11 is 8.20. The molecule has 4 aromatic rings. The Kier molecular flexibility index (Phi) is 3.17. The molecule has 2 nitrogen and oxygen atoms in total. The lowest BCUT2D eigenvalue weighted by Gasteiger charge is -2.02. The molecule has 0 bridgehead atoms. The highest BCUT2D eigenvalue weighted by molar-refractivity contribution is 7.18. The van der Waals surface area contributed by atoms with E-state index in [1.54, 1.807) is 11.3 Å². The van der Waals surface area contributed by atoms with E-state index in [1.807, 2.05) is 48.5 Å². The van der Waals surface area contributed by atoms with Gasteiger partial charge in [-0.05, 0) is 24.3 Å². The lowest BCUT2D eigenvalue weighted by molar-refractivity contribution is 0.540. The number of rotatable bonds is 3. The summed E-state index contributed by atoms with van der Waals surface area (Å²) in [4.78, 5) is 4.62. The van der Waals surface area contributed by atoms with Crippen LogP contribution in [0.3, 0.4) is 0 Å². The largest absolute Gasteiger partial charge is 0.459 e. The van der Waals surface area contributed by atoms with Crippen molar-refractivity contribution in [2.24, 2.45) is 0 Å². The SMILES string of the molecule is ClC(Cc1nc2ccccc2s1)c1cc2ccccc2o1. The van der Waals surface area contributed by atoms with Crippen LogP contribution in [0.1, 0.15) is 16.1 Å². The number of furan rings is 1. The van der Waals surface area contributed by atoms with Crippen LogP contribution in [0.25, 0.3) is 21.2 Å². The number of alkyl halides is 1. The molecule has 4 rings (SSSR count). The smallest absolute Gasteiger partial charge is 0.134 e. The first-order chi connectivity index (χ1) is 10.3. The molecule has 1 atom stereocenters. The summed E-state index contributed by atoms with van der Waals surface area (Å²) in [5, 5.41) is 1.93. The highest BCUT2D eigenvalue weighted by atomic mass is 35.5. The number of fused-ring (bicyclic) bond motifs is 2. The van der Waals surface area contributed by atoms with Crippen LogP contribution in [-0.2, 0) is 6.42 Å². The van der Waals surface area contributed by atoms with E-state index in [2.05, 4.69) is 11.1 Å². The minimum absolute atomic E-state index is 0.196. The molecular weight excluding hydrogens is 302 g/mol. The molecule has 0 N–H and O–H groups in total. The molecule has 0 radical (unpaired) electrons. The Hall–Kier alpha value is -1.84. The number of para-hydroxylation sites is 2. The van der Waals surface area contributed by atoms with Gasteiger partial charge in [-0.2, -0.15) is 0 Å². The Labute approximate surface area is 131 Å². The summed E-state index contributed by atoms with van der Waals surface area (Å²) in [7, 11) is 0. The fourth-order valence-corrected chi connectivity index (χ4v) is 3.78. The van der Waals surface area contributed by atoms with E-state index in [0.717, 1.165) is 27.3 Å². The van der Waals surface area contributed by atoms with Gasteiger partial charge in [0, 0.05) is 11.8 Å². The molecule has 2 aromatic carbocycles. The van der Waals surface area contributed by atoms with Crippen molar-refractivity contribution in [2.75, 3.05) is 0 Å². The molecule has 0 aliphatic carbocycles. The van der Waals surface area contributed by atoms with Crippen LogP contribution in [0, 0.1) is 0 Å². The van der Waals surface area contributed by atoms with E-state index in [9.17, 15) is 0 Å². The van der Waals surface area contributed by atoms with Crippen molar-refractivity contribution >= 4 is 44.1 Å². The summed E-state index contributed by atoms with van der Waals surface area (Å²) in [6, 6.07) is 18.1. The Morgan fingerprint density at radius 2 is 1.90 bits per heavy atom. The number of thiazole rings is 1. The Morgan fingerprint density at radius 1 is 1.10 bits per heavy atom. The number of nitrogens with zero attached hydrogens (tertiary/aromatic N) is 1. The minimum Gasteiger partial charge on any atom is -0.459 e. The second-order valence-electron chi connectivity index (χ2n) is 4.93. The third kappa shape index (κ3) is 2.43. The van der Waals surface area contributed by atoms with Gasteiger partial charge < -0.3 is 4.42 Å². The monoisotopic (exact) mass is 313 g/mol. The summed E-state index contributed by atoms with van der Waals surface area (Å²) in [5.41, 5.74) is 1.91. The summed E-state index contributed by atoms with van der Waals surface area (Å²) in [5.74, 6) is 0.803. The van der Waals surface area contributed by atoms with E-state index >= 15 is 0 Å². The normalized spacial score (nSPS) is 13.0. The maximum absolute atomic E-state index is 6.51. The quantitative estimate of drug-likeness (QED) is 0.462. The zero-order valence-electron chi connectivity index (χ0n) is 11.1. The van der Waals surface area contributed by atoms with Gasteiger partial charge >= 0.3 is 0 Å². The van der Waals surface area contributed by atoms with Gasteiger partial charge in [-0.1, -0.05) is 30.3 Å². The topological polar surface area (TPSA) is 26.0 Å². The van der Waals surface area contributed by atoms with E-state index < -0.39 is 0 Å². The first-order valence-corrected chi connectivity index (χ1v) is 8.02. The number of hydrogen-bond donors (Lipinski definition) is 0. The molecule has 0 saturated heterocycles. The van der Waals surface area contributed by atoms with Crippen molar-refractivity contribution in [1.82, 2.24) is 4.98 Å². The van der Waals surface area contributed by atoms with Crippen LogP contribution in [0.15, 0.2) is 59.0 Å². The van der Waals surface area contributed by atoms with Gasteiger partial charge in [-0.15, -0.1) is 22.9 Å². The zero-order chi connectivity index (χ0) is 14.2. The second kappa shape index (κ2) is 5.17. The van der Waals surface area contributed by atoms with Crippen molar-refractivity contribution in [3.8, 4) is 0 Å². The third-order valence-electron chi connectivity index (χ3n) is 3.45. The van der Waals surface area contributed by atoms with Crippen LogP contribution in [0.4, 0.5) is 0 Å². The van der Waals surface area contributed by atoms with Gasteiger partial charge in [0.25, 0.3) is 0 Å². The van der Waals surface area contributed by atoms with Crippen LogP contribution in [0.5, 0.6) is 0 Å². The van der Waals surface area contributed by atoms with Crippen LogP contribution in [0.2, 0.25) is 0 Å². The predicted molar refractivity (Wildman–Crippen MR) is 88.1 cm³/mol. The summed E-state index contributed by atoms with van der Waals surface area (Å²) in [6.07, 6.45) is 0.681. The third-order valence-corrected chi connectivity index (χ3v) is 4.87. The standard InChI is InChI=1S/C17H12ClNOS/c18-12(15-9-11-5-1-3-7-14(11)20-15)10-17-19-13-6-2-4-8-16(13)21-17/h1-9,12H,10H2. The zero-order valence-corrected chi connectivity index (χ0v) is 12.7. The predicted octanol–water partition coefficient (Wildman–Crippen LogP) is 5.57. The molecule has 0 saturated carbocycles. The number of hydrogen-bond acceptors (Lipinski definition) is 3. The Balaban J connectivity index is 1.63. The second-order valence-corrected chi connectivity index (χ2v) is 6.58. The van der Waals surface area contributed by atoms with Crippen molar-refractivity contribution < 1.29 is 4.42 Å². The molecule has 0 amide bonds. The van der Waals surface area contributed by atoms with E-state index in [4.69, 9.17) is 16.0 Å². The van der Waals surface area contributed by atoms with Crippen LogP contribution >= 0.6 is 22.9 Å². The molecule has 21 heavy (non-hydrogen) atoms. The molecule has 0 spiro atoms. The van der Waals surface area contributed by atoms with Crippen molar-refractivity contribution in [2.45, 2.75) is 11.8 Å². The molecule has 0 aliphatic rings. The van der Waals surface area contributed by atoms with Gasteiger partial charge in [-0.25, -0.2) is 4.98 Å². The maximum atomic E-state index is 6.51. The average Bonchev–Trinajstić information content (AvgIpc) is 3.10. The van der Waals surface area contributed by atoms with Crippen molar-refractivity contribution in [1.29, 1.82) is 0 Å². The molecular formula is C17H12ClNOS. The first-order valence-electron chi connectivity index (χ1n) is 6.76. The molecule has 4 heteroatoms. The minimum atomic E-state index is -0.196. The highest BCUT2D eigenvalue weighted by Crippen LogP contribution is 2.32. The van der Waals surface area contributed by atoms with Gasteiger partial charge in [0.05, 0.1) is 20.6 Å². The van der Waals surface area contributed by atoms with E-state index in [1.165, 1.54) is 4.70 Å². The van der Waals surface area contributed by atoms with Gasteiger partial charge in [0.1, 0.15) is 11.3 Å². The lowest BCUT2D eigenvalue weighted by atomic mass is 10.2. The number of benzene rings is 2. The maximum Gasteiger partial charge on any atom is 0.134 e. The van der Waals surface area contributed by atoms with Crippen LogP contribution < -0.4 is 0 Å². The first kappa shape index (κ1) is 12.9. The lowest BCUT2D eigenvalue weighted by Crippen LogP contribution is -1.93. The van der Waals surface area contributed by atoms with Gasteiger partial charge in [0.15, 0.2) is 0 Å². The summed E-state index contributed by atoms with van der Waals surface area (Å²) < 4.78 is 7.02. The van der Waals surface area contributed by atoms with Crippen molar-refractivity contribution in [3.63, 3.8) is 0 Å². The van der Waals surface area contributed by atoms with Crippen molar-refractivity contribution in [3.05, 3.63) is 65.4 Å². The Bertz CT molecular complexity index is 845. The molecule has 2 aromatic heterocycles. The van der Waals surface area contributed by atoms with E-state index in [-0.39, 0.29) is 5.38 Å². The fourth-order valence-electron chi connectivity index (χ4n) is 2.42.